The molecule has 0 spiro atoms. The van der Waals surface area contributed by atoms with Gasteiger partial charge in [0.2, 0.25) is 0 Å². The second kappa shape index (κ2) is 10.1. The van der Waals surface area contributed by atoms with Crippen molar-refractivity contribution in [2.24, 2.45) is 0 Å². The van der Waals surface area contributed by atoms with Gasteiger partial charge in [-0.05, 0) is 29.7 Å². The molecule has 0 aliphatic heterocycles. The van der Waals surface area contributed by atoms with Gasteiger partial charge < -0.3 is 4.74 Å². The molecular weight excluding hydrogens is 431 g/mol. The largest absolute Gasteiger partial charge is 0.455 e. The molecule has 3 rings (SSSR count). The van der Waals surface area contributed by atoms with Crippen LogP contribution in [0.1, 0.15) is 10.4 Å². The van der Waals surface area contributed by atoms with Gasteiger partial charge in [-0.2, -0.15) is 0 Å². The Labute approximate surface area is 180 Å². The van der Waals surface area contributed by atoms with E-state index in [0.717, 1.165) is 21.7 Å². The molecule has 3 aromatic carbocycles. The maximum atomic E-state index is 13.5. The number of esters is 1. The third-order valence-corrected chi connectivity index (χ3v) is 5.31. The van der Waals surface area contributed by atoms with Crippen LogP contribution in [0.2, 0.25) is 5.02 Å². The summed E-state index contributed by atoms with van der Waals surface area (Å²) >= 11 is 7.49. The lowest BCUT2D eigenvalue weighted by Crippen LogP contribution is -2.43. The molecule has 0 radical (unpaired) electrons. The van der Waals surface area contributed by atoms with Crippen molar-refractivity contribution in [2.75, 3.05) is 12.4 Å². The topological polar surface area (TPSA) is 84.5 Å². The zero-order valence-electron chi connectivity index (χ0n) is 15.5. The quantitative estimate of drug-likeness (QED) is 0.342. The van der Waals surface area contributed by atoms with Crippen molar-refractivity contribution >= 4 is 51.9 Å². The minimum Gasteiger partial charge on any atom is -0.455 e. The van der Waals surface area contributed by atoms with E-state index in [9.17, 15) is 18.8 Å². The average molecular weight is 447 g/mol. The number of carbonyl (C=O) groups excluding carboxylic acids is 3. The molecule has 0 heterocycles. The third-order valence-electron chi connectivity index (χ3n) is 3.96. The Kier molecular flexibility index (Phi) is 7.26. The van der Waals surface area contributed by atoms with Crippen molar-refractivity contribution in [1.82, 2.24) is 10.9 Å². The van der Waals surface area contributed by atoms with Gasteiger partial charge in [-0.25, -0.2) is 4.39 Å². The van der Waals surface area contributed by atoms with Crippen molar-refractivity contribution in [3.05, 3.63) is 77.1 Å². The van der Waals surface area contributed by atoms with Crippen molar-refractivity contribution in [3.8, 4) is 0 Å². The number of carbonyl (C=O) groups is 3. The van der Waals surface area contributed by atoms with Crippen molar-refractivity contribution in [3.63, 3.8) is 0 Å². The zero-order chi connectivity index (χ0) is 21.5. The van der Waals surface area contributed by atoms with Crippen molar-refractivity contribution in [2.45, 2.75) is 4.90 Å². The second-order valence-corrected chi connectivity index (χ2v) is 7.45. The van der Waals surface area contributed by atoms with Crippen LogP contribution in [-0.2, 0) is 14.3 Å². The van der Waals surface area contributed by atoms with Gasteiger partial charge >= 0.3 is 5.97 Å². The Balaban J connectivity index is 1.45. The lowest BCUT2D eigenvalue weighted by atomic mass is 10.1. The smallest absolute Gasteiger partial charge is 0.316 e. The van der Waals surface area contributed by atoms with Gasteiger partial charge in [0.15, 0.2) is 6.61 Å². The number of hydrazine groups is 1. The molecular formula is C21H16ClFN2O4S. The van der Waals surface area contributed by atoms with Gasteiger partial charge in [0.25, 0.3) is 11.8 Å². The molecule has 0 atom stereocenters. The lowest BCUT2D eigenvalue weighted by molar-refractivity contribution is -0.146. The normalized spacial score (nSPS) is 10.5. The summed E-state index contributed by atoms with van der Waals surface area (Å²) in [5.41, 5.74) is 3.90. The fraction of sp³-hybridized carbons (Fsp3) is 0.0952. The predicted octanol–water partition coefficient (Wildman–Crippen LogP) is 3.73. The highest BCUT2D eigenvalue weighted by Gasteiger charge is 2.14. The number of ether oxygens (including phenoxy) is 1. The maximum absolute atomic E-state index is 13.5. The van der Waals surface area contributed by atoms with Gasteiger partial charge in [-0.15, -0.1) is 11.8 Å². The Morgan fingerprint density at radius 2 is 1.70 bits per heavy atom. The fourth-order valence-electron chi connectivity index (χ4n) is 2.58. The first-order valence-electron chi connectivity index (χ1n) is 8.75. The molecule has 0 fully saturated rings. The van der Waals surface area contributed by atoms with E-state index in [4.69, 9.17) is 16.3 Å². The summed E-state index contributed by atoms with van der Waals surface area (Å²) in [6.45, 7) is -0.590. The first-order chi connectivity index (χ1) is 14.5. The first-order valence-corrected chi connectivity index (χ1v) is 10.1. The van der Waals surface area contributed by atoms with Crippen LogP contribution in [0.5, 0.6) is 0 Å². The molecule has 9 heteroatoms. The second-order valence-electron chi connectivity index (χ2n) is 6.03. The Morgan fingerprint density at radius 3 is 2.47 bits per heavy atom. The molecule has 2 N–H and O–H groups in total. The van der Waals surface area contributed by atoms with E-state index >= 15 is 0 Å². The lowest BCUT2D eigenvalue weighted by Gasteiger charge is -2.09. The van der Waals surface area contributed by atoms with E-state index in [0.29, 0.717) is 5.02 Å². The standard InChI is InChI=1S/C21H16ClFN2O4S/c22-15-8-3-5-13-6-4-10-17(20(13)15)30-12-19(27)29-11-18(26)24-25-21(28)14-7-1-2-9-16(14)23/h1-10H,11-12H2,(H,24,26)(H,25,28). The molecule has 0 saturated carbocycles. The molecule has 0 aliphatic rings. The minimum atomic E-state index is -0.823. The molecule has 6 nitrogen and oxygen atoms in total. The molecule has 154 valence electrons. The summed E-state index contributed by atoms with van der Waals surface area (Å²) in [7, 11) is 0. The highest BCUT2D eigenvalue weighted by molar-refractivity contribution is 8.00. The Morgan fingerprint density at radius 1 is 0.967 bits per heavy atom. The van der Waals surface area contributed by atoms with Crippen LogP contribution in [-0.4, -0.2) is 30.1 Å². The number of hydrogen-bond acceptors (Lipinski definition) is 5. The van der Waals surface area contributed by atoms with Crippen molar-refractivity contribution in [1.29, 1.82) is 0 Å². The van der Waals surface area contributed by atoms with Gasteiger partial charge in [0.1, 0.15) is 5.82 Å². The fourth-order valence-corrected chi connectivity index (χ4v) is 3.83. The summed E-state index contributed by atoms with van der Waals surface area (Å²) in [6.07, 6.45) is 0. The van der Waals surface area contributed by atoms with Crippen LogP contribution in [0.3, 0.4) is 0 Å². The number of nitrogens with one attached hydrogen (secondary N) is 2. The molecule has 0 saturated heterocycles. The number of halogens is 2. The molecule has 0 aromatic heterocycles. The van der Waals surface area contributed by atoms with Crippen LogP contribution in [0.25, 0.3) is 10.8 Å². The van der Waals surface area contributed by atoms with Crippen LogP contribution in [0.15, 0.2) is 65.6 Å². The molecule has 0 bridgehead atoms. The van der Waals surface area contributed by atoms with Crippen LogP contribution < -0.4 is 10.9 Å². The van der Waals surface area contributed by atoms with Crippen LogP contribution in [0.4, 0.5) is 4.39 Å². The van der Waals surface area contributed by atoms with Crippen LogP contribution >= 0.6 is 23.4 Å². The van der Waals surface area contributed by atoms with E-state index in [1.165, 1.54) is 30.0 Å². The monoisotopic (exact) mass is 446 g/mol. The number of hydrogen-bond donors (Lipinski definition) is 2. The zero-order valence-corrected chi connectivity index (χ0v) is 17.1. The first kappa shape index (κ1) is 21.6. The number of amides is 2. The third kappa shape index (κ3) is 5.49. The van der Waals surface area contributed by atoms with E-state index in [1.807, 2.05) is 30.3 Å². The summed E-state index contributed by atoms with van der Waals surface area (Å²) < 4.78 is 18.4. The highest BCUT2D eigenvalue weighted by atomic mass is 35.5. The van der Waals surface area contributed by atoms with E-state index in [1.54, 1.807) is 6.07 Å². The van der Waals surface area contributed by atoms with E-state index in [2.05, 4.69) is 10.9 Å². The van der Waals surface area contributed by atoms with E-state index in [-0.39, 0.29) is 11.3 Å². The summed E-state index contributed by atoms with van der Waals surface area (Å²) in [6, 6.07) is 16.5. The van der Waals surface area contributed by atoms with Crippen LogP contribution in [0, 0.1) is 5.82 Å². The number of thioether (sulfide) groups is 1. The average Bonchev–Trinajstić information content (AvgIpc) is 2.75. The molecule has 0 aliphatic carbocycles. The van der Waals surface area contributed by atoms with Gasteiger partial charge in [0, 0.05) is 15.3 Å². The molecule has 0 unspecified atom stereocenters. The Hall–Kier alpha value is -3.10. The summed E-state index contributed by atoms with van der Waals surface area (Å²) in [4.78, 5) is 36.3. The molecule has 3 aromatic rings. The van der Waals surface area contributed by atoms with Gasteiger partial charge in [-0.3, -0.25) is 25.2 Å². The minimum absolute atomic E-state index is 0.0286. The van der Waals surface area contributed by atoms with Gasteiger partial charge in [-0.1, -0.05) is 48.0 Å². The number of benzene rings is 3. The van der Waals surface area contributed by atoms with Gasteiger partial charge in [0.05, 0.1) is 11.3 Å². The molecule has 2 amide bonds. The molecule has 30 heavy (non-hydrogen) atoms. The maximum Gasteiger partial charge on any atom is 0.316 e. The Bertz CT molecular complexity index is 1100. The SMILES string of the molecule is O=C(COC(=O)CSc1cccc2cccc(Cl)c12)NNC(=O)c1ccccc1F. The predicted molar refractivity (Wildman–Crippen MR) is 113 cm³/mol. The van der Waals surface area contributed by atoms with E-state index < -0.39 is 30.2 Å². The summed E-state index contributed by atoms with van der Waals surface area (Å²) in [5.74, 6) is -2.94. The summed E-state index contributed by atoms with van der Waals surface area (Å²) in [5, 5.41) is 2.37. The highest BCUT2D eigenvalue weighted by Crippen LogP contribution is 2.33. The van der Waals surface area contributed by atoms with Crippen molar-refractivity contribution < 1.29 is 23.5 Å². The number of rotatable bonds is 6. The number of fused-ring (bicyclic) bond motifs is 1.